The van der Waals surface area contributed by atoms with Crippen molar-refractivity contribution in [1.82, 2.24) is 24.5 Å². The van der Waals surface area contributed by atoms with Crippen molar-refractivity contribution in [2.24, 2.45) is 5.92 Å². The fourth-order valence-electron chi connectivity index (χ4n) is 3.85. The molecule has 6 nitrogen and oxygen atoms in total. The monoisotopic (exact) mass is 403 g/mol. The van der Waals surface area contributed by atoms with E-state index < -0.39 is 0 Å². The molecule has 27 heavy (non-hydrogen) atoms. The molecular formula is C19H25N5OS2. The Hall–Kier alpha value is -1.67. The first-order valence-electron chi connectivity index (χ1n) is 9.60. The summed E-state index contributed by atoms with van der Waals surface area (Å²) in [4.78, 5) is 21.6. The minimum Gasteiger partial charge on any atom is -0.343 e. The highest BCUT2D eigenvalue weighted by Gasteiger charge is 2.25. The van der Waals surface area contributed by atoms with Crippen LogP contribution in [0.3, 0.4) is 0 Å². The van der Waals surface area contributed by atoms with E-state index in [9.17, 15) is 4.79 Å². The van der Waals surface area contributed by atoms with E-state index in [1.54, 1.807) is 0 Å². The lowest BCUT2D eigenvalue weighted by molar-refractivity contribution is -0.127. The highest BCUT2D eigenvalue weighted by Crippen LogP contribution is 2.39. The first-order chi connectivity index (χ1) is 13.0. The number of hydrogen-bond donors (Lipinski definition) is 0. The van der Waals surface area contributed by atoms with Gasteiger partial charge in [0.2, 0.25) is 5.91 Å². The zero-order valence-electron chi connectivity index (χ0n) is 16.3. The van der Waals surface area contributed by atoms with Gasteiger partial charge in [-0.3, -0.25) is 9.20 Å². The minimum atomic E-state index is 0.135. The maximum Gasteiger partial charge on any atom is 0.233 e. The van der Waals surface area contributed by atoms with Crippen molar-refractivity contribution in [3.05, 3.63) is 16.3 Å². The summed E-state index contributed by atoms with van der Waals surface area (Å²) in [5.41, 5.74) is 2.30. The molecule has 0 fully saturated rings. The zero-order valence-corrected chi connectivity index (χ0v) is 17.9. The SMILES string of the molecule is CCN(CC)C(=O)CSc1nnc2c3c4c(sc3nc(C)n12)C[C@@H](C)CC4. The van der Waals surface area contributed by atoms with Crippen LogP contribution >= 0.6 is 23.1 Å². The number of fused-ring (bicyclic) bond motifs is 5. The number of aryl methyl sites for hydroxylation is 2. The van der Waals surface area contributed by atoms with Gasteiger partial charge in [0.05, 0.1) is 11.1 Å². The second-order valence-electron chi connectivity index (χ2n) is 7.19. The third kappa shape index (κ3) is 3.23. The summed E-state index contributed by atoms with van der Waals surface area (Å²) < 4.78 is 2.02. The Kier molecular flexibility index (Phi) is 5.11. The Bertz CT molecular complexity index is 1000. The Morgan fingerprint density at radius 2 is 2.11 bits per heavy atom. The number of thioether (sulfide) groups is 1. The second kappa shape index (κ2) is 7.39. The van der Waals surface area contributed by atoms with Gasteiger partial charge in [0, 0.05) is 18.0 Å². The van der Waals surface area contributed by atoms with Crippen LogP contribution < -0.4 is 0 Å². The molecule has 0 bridgehead atoms. The molecule has 1 aliphatic carbocycles. The maximum atomic E-state index is 12.3. The van der Waals surface area contributed by atoms with Gasteiger partial charge in [-0.05, 0) is 51.5 Å². The van der Waals surface area contributed by atoms with Gasteiger partial charge in [0.25, 0.3) is 0 Å². The predicted molar refractivity (Wildman–Crippen MR) is 111 cm³/mol. The molecule has 0 aliphatic heterocycles. The molecule has 1 amide bonds. The highest BCUT2D eigenvalue weighted by molar-refractivity contribution is 7.99. The molecule has 0 radical (unpaired) electrons. The van der Waals surface area contributed by atoms with Crippen molar-refractivity contribution in [2.75, 3.05) is 18.8 Å². The number of nitrogens with zero attached hydrogens (tertiary/aromatic N) is 5. The van der Waals surface area contributed by atoms with E-state index in [1.807, 2.05) is 41.4 Å². The summed E-state index contributed by atoms with van der Waals surface area (Å²) in [6.45, 7) is 9.79. The molecule has 0 unspecified atom stereocenters. The Morgan fingerprint density at radius 1 is 1.33 bits per heavy atom. The standard InChI is InChI=1S/C19H25N5OS2/c1-5-23(6-2)15(25)10-26-19-22-21-17-16-13-8-7-11(3)9-14(13)27-18(16)20-12(4)24(17)19/h11H,5-10H2,1-4H3/t11-/m0/s1. The molecule has 4 rings (SSSR count). The van der Waals surface area contributed by atoms with Crippen LogP contribution in [0.5, 0.6) is 0 Å². The van der Waals surface area contributed by atoms with Crippen LogP contribution in [0.1, 0.15) is 43.5 Å². The summed E-state index contributed by atoms with van der Waals surface area (Å²) in [6.07, 6.45) is 3.44. The average Bonchev–Trinajstić information content (AvgIpc) is 3.21. The summed E-state index contributed by atoms with van der Waals surface area (Å²) in [7, 11) is 0. The number of amides is 1. The van der Waals surface area contributed by atoms with E-state index >= 15 is 0 Å². The third-order valence-electron chi connectivity index (χ3n) is 5.38. The van der Waals surface area contributed by atoms with Gasteiger partial charge < -0.3 is 4.90 Å². The molecule has 8 heteroatoms. The summed E-state index contributed by atoms with van der Waals surface area (Å²) in [5, 5.41) is 10.8. The van der Waals surface area contributed by atoms with Gasteiger partial charge >= 0.3 is 0 Å². The van der Waals surface area contributed by atoms with E-state index in [0.29, 0.717) is 5.75 Å². The quantitative estimate of drug-likeness (QED) is 0.608. The van der Waals surface area contributed by atoms with Crippen molar-refractivity contribution in [3.63, 3.8) is 0 Å². The van der Waals surface area contributed by atoms with Crippen molar-refractivity contribution in [1.29, 1.82) is 0 Å². The Morgan fingerprint density at radius 3 is 2.85 bits per heavy atom. The second-order valence-corrected chi connectivity index (χ2v) is 9.21. The topological polar surface area (TPSA) is 63.4 Å². The van der Waals surface area contributed by atoms with Crippen molar-refractivity contribution in [2.45, 2.75) is 52.1 Å². The van der Waals surface area contributed by atoms with Gasteiger partial charge in [-0.25, -0.2) is 4.98 Å². The molecule has 1 atom stereocenters. The van der Waals surface area contributed by atoms with Gasteiger partial charge in [-0.15, -0.1) is 21.5 Å². The predicted octanol–water partition coefficient (Wildman–Crippen LogP) is 3.73. The number of aromatic nitrogens is 4. The first-order valence-corrected chi connectivity index (χ1v) is 11.4. The molecule has 0 N–H and O–H groups in total. The molecule has 0 spiro atoms. The van der Waals surface area contributed by atoms with Crippen molar-refractivity contribution in [3.8, 4) is 0 Å². The lowest BCUT2D eigenvalue weighted by Crippen LogP contribution is -2.31. The van der Waals surface area contributed by atoms with E-state index in [1.165, 1.54) is 34.0 Å². The Balaban J connectivity index is 1.72. The maximum absolute atomic E-state index is 12.3. The third-order valence-corrected chi connectivity index (χ3v) is 7.44. The molecular weight excluding hydrogens is 378 g/mol. The molecule has 3 heterocycles. The first kappa shape index (κ1) is 18.7. The number of hydrogen-bond acceptors (Lipinski definition) is 6. The number of rotatable bonds is 5. The largest absolute Gasteiger partial charge is 0.343 e. The smallest absolute Gasteiger partial charge is 0.233 e. The van der Waals surface area contributed by atoms with E-state index in [4.69, 9.17) is 4.98 Å². The molecule has 0 saturated carbocycles. The lowest BCUT2D eigenvalue weighted by atomic mass is 9.89. The fourth-order valence-corrected chi connectivity index (χ4v) is 6.16. The van der Waals surface area contributed by atoms with Crippen LogP contribution in [0.2, 0.25) is 0 Å². The van der Waals surface area contributed by atoms with Crippen molar-refractivity contribution < 1.29 is 4.79 Å². The minimum absolute atomic E-state index is 0.135. The van der Waals surface area contributed by atoms with Gasteiger partial charge in [0.15, 0.2) is 10.8 Å². The van der Waals surface area contributed by atoms with Crippen LogP contribution in [0.15, 0.2) is 5.16 Å². The Labute approximate surface area is 167 Å². The molecule has 0 aromatic carbocycles. The molecule has 1 aliphatic rings. The summed E-state index contributed by atoms with van der Waals surface area (Å²) in [5.74, 6) is 2.12. The summed E-state index contributed by atoms with van der Waals surface area (Å²) >= 11 is 3.26. The average molecular weight is 404 g/mol. The molecule has 144 valence electrons. The molecule has 0 saturated heterocycles. The molecule has 3 aromatic rings. The number of thiophene rings is 1. The summed E-state index contributed by atoms with van der Waals surface area (Å²) in [6, 6.07) is 0. The van der Waals surface area contributed by atoms with Gasteiger partial charge in [-0.2, -0.15) is 0 Å². The normalized spacial score (nSPS) is 16.8. The van der Waals surface area contributed by atoms with Crippen LogP contribution in [-0.4, -0.2) is 49.2 Å². The van der Waals surface area contributed by atoms with E-state index in [2.05, 4.69) is 17.1 Å². The van der Waals surface area contributed by atoms with Crippen LogP contribution in [0.4, 0.5) is 0 Å². The highest BCUT2D eigenvalue weighted by atomic mass is 32.2. The van der Waals surface area contributed by atoms with Crippen LogP contribution in [-0.2, 0) is 17.6 Å². The van der Waals surface area contributed by atoms with Gasteiger partial charge in [-0.1, -0.05) is 18.7 Å². The number of carbonyl (C=O) groups is 1. The lowest BCUT2D eigenvalue weighted by Gasteiger charge is -2.18. The molecule has 3 aromatic heterocycles. The van der Waals surface area contributed by atoms with Crippen LogP contribution in [0, 0.1) is 12.8 Å². The van der Waals surface area contributed by atoms with E-state index in [-0.39, 0.29) is 5.91 Å². The van der Waals surface area contributed by atoms with E-state index in [0.717, 1.165) is 53.3 Å². The van der Waals surface area contributed by atoms with Gasteiger partial charge in [0.1, 0.15) is 10.7 Å². The van der Waals surface area contributed by atoms with Crippen LogP contribution in [0.25, 0.3) is 15.9 Å². The zero-order chi connectivity index (χ0) is 19.1. The fraction of sp³-hybridized carbons (Fsp3) is 0.579. The number of carbonyl (C=O) groups excluding carboxylic acids is 1. The van der Waals surface area contributed by atoms with Crippen molar-refractivity contribution >= 4 is 44.9 Å².